The number of para-hydroxylation sites is 2. The second-order valence-corrected chi connectivity index (χ2v) is 3.72. The Bertz CT molecular complexity index is 395. The summed E-state index contributed by atoms with van der Waals surface area (Å²) in [6, 6.07) is 7.91. The first-order valence-corrected chi connectivity index (χ1v) is 5.60. The van der Waals surface area contributed by atoms with E-state index in [1.165, 1.54) is 7.11 Å². The highest BCUT2D eigenvalue weighted by Gasteiger charge is 2.16. The number of ether oxygens (including phenoxy) is 2. The van der Waals surface area contributed by atoms with Gasteiger partial charge in [0.2, 0.25) is 0 Å². The van der Waals surface area contributed by atoms with E-state index in [-0.39, 0.29) is 0 Å². The zero-order valence-corrected chi connectivity index (χ0v) is 9.81. The lowest BCUT2D eigenvalue weighted by atomic mass is 10.2. The molecule has 1 amide bonds. The van der Waals surface area contributed by atoms with E-state index < -0.39 is 6.09 Å². The third kappa shape index (κ3) is 2.81. The quantitative estimate of drug-likeness (QED) is 0.858. The molecule has 2 rings (SSSR count). The highest BCUT2D eigenvalue weighted by Crippen LogP contribution is 2.30. The smallest absolute Gasteiger partial charge is 0.406 e. The van der Waals surface area contributed by atoms with Gasteiger partial charge in [0, 0.05) is 13.1 Å². The Balaban J connectivity index is 1.92. The van der Waals surface area contributed by atoms with Crippen molar-refractivity contribution in [2.75, 3.05) is 38.3 Å². The van der Waals surface area contributed by atoms with Crippen LogP contribution in [0.3, 0.4) is 0 Å². The molecule has 1 heterocycles. The number of nitrogens with one attached hydrogen (secondary N) is 1. The van der Waals surface area contributed by atoms with Crippen molar-refractivity contribution >= 4 is 11.8 Å². The maximum absolute atomic E-state index is 10.9. The average Bonchev–Trinajstić information content (AvgIpc) is 2.39. The van der Waals surface area contributed by atoms with Gasteiger partial charge in [0.05, 0.1) is 19.3 Å². The van der Waals surface area contributed by atoms with E-state index in [1.54, 1.807) is 0 Å². The second-order valence-electron chi connectivity index (χ2n) is 3.72. The van der Waals surface area contributed by atoms with Gasteiger partial charge in [0.1, 0.15) is 12.4 Å². The van der Waals surface area contributed by atoms with E-state index in [9.17, 15) is 4.79 Å². The van der Waals surface area contributed by atoms with Crippen molar-refractivity contribution in [1.29, 1.82) is 0 Å². The number of amides is 1. The lowest BCUT2D eigenvalue weighted by Gasteiger charge is -2.31. The monoisotopic (exact) mass is 236 g/mol. The summed E-state index contributed by atoms with van der Waals surface area (Å²) < 4.78 is 10.1. The molecule has 1 N–H and O–H groups in total. The molecule has 17 heavy (non-hydrogen) atoms. The number of rotatable bonds is 3. The Hall–Kier alpha value is -1.91. The van der Waals surface area contributed by atoms with Gasteiger partial charge >= 0.3 is 6.09 Å². The van der Waals surface area contributed by atoms with Crippen LogP contribution in [0.2, 0.25) is 0 Å². The number of methoxy groups -OCH3 is 1. The van der Waals surface area contributed by atoms with Crippen molar-refractivity contribution in [1.82, 2.24) is 5.32 Å². The Morgan fingerprint density at radius 2 is 2.35 bits per heavy atom. The predicted molar refractivity (Wildman–Crippen MR) is 64.6 cm³/mol. The molecule has 92 valence electrons. The topological polar surface area (TPSA) is 50.8 Å². The zero-order valence-electron chi connectivity index (χ0n) is 9.81. The van der Waals surface area contributed by atoms with Crippen LogP contribution in [0, 0.1) is 0 Å². The Kier molecular flexibility index (Phi) is 3.69. The molecule has 1 aliphatic rings. The van der Waals surface area contributed by atoms with E-state index in [1.807, 2.05) is 24.3 Å². The summed E-state index contributed by atoms with van der Waals surface area (Å²) in [5, 5.41) is 2.67. The first-order valence-electron chi connectivity index (χ1n) is 5.60. The summed E-state index contributed by atoms with van der Waals surface area (Å²) in [5.74, 6) is 0.900. The SMILES string of the molecule is COC(=O)NCCN1CCOc2ccccc21. The standard InChI is InChI=1S/C12H16N2O3/c1-16-12(15)13-6-7-14-8-9-17-11-5-3-2-4-10(11)14/h2-5H,6-9H2,1H3,(H,13,15). The summed E-state index contributed by atoms with van der Waals surface area (Å²) in [6.07, 6.45) is -0.397. The molecule has 0 fully saturated rings. The van der Waals surface area contributed by atoms with Gasteiger partial charge in [-0.05, 0) is 12.1 Å². The minimum Gasteiger partial charge on any atom is -0.490 e. The van der Waals surface area contributed by atoms with Gasteiger partial charge in [-0.3, -0.25) is 0 Å². The first-order chi connectivity index (χ1) is 8.31. The van der Waals surface area contributed by atoms with Crippen LogP contribution in [0.1, 0.15) is 0 Å². The third-order valence-corrected chi connectivity index (χ3v) is 2.66. The fourth-order valence-corrected chi connectivity index (χ4v) is 1.82. The molecule has 1 aromatic carbocycles. The molecule has 5 nitrogen and oxygen atoms in total. The van der Waals surface area contributed by atoms with Gasteiger partial charge in [-0.15, -0.1) is 0 Å². The van der Waals surface area contributed by atoms with Gasteiger partial charge in [-0.1, -0.05) is 12.1 Å². The summed E-state index contributed by atoms with van der Waals surface area (Å²) in [6.45, 7) is 2.81. The van der Waals surface area contributed by atoms with Gasteiger partial charge < -0.3 is 19.7 Å². The largest absolute Gasteiger partial charge is 0.490 e. The van der Waals surface area contributed by atoms with Crippen molar-refractivity contribution in [3.8, 4) is 5.75 Å². The number of anilines is 1. The Morgan fingerprint density at radius 3 is 3.18 bits per heavy atom. The number of fused-ring (bicyclic) bond motifs is 1. The molecule has 0 spiro atoms. The fourth-order valence-electron chi connectivity index (χ4n) is 1.82. The van der Waals surface area contributed by atoms with E-state index in [0.717, 1.165) is 24.5 Å². The van der Waals surface area contributed by atoms with E-state index in [2.05, 4.69) is 15.0 Å². The molecule has 0 aliphatic carbocycles. The lowest BCUT2D eigenvalue weighted by molar-refractivity contribution is 0.171. The van der Waals surface area contributed by atoms with Crippen LogP contribution in [0.5, 0.6) is 5.75 Å². The zero-order chi connectivity index (χ0) is 12.1. The number of alkyl carbamates (subject to hydrolysis) is 1. The molecular weight excluding hydrogens is 220 g/mol. The molecule has 0 radical (unpaired) electrons. The number of nitrogens with zero attached hydrogens (tertiary/aromatic N) is 1. The van der Waals surface area contributed by atoms with Crippen molar-refractivity contribution in [3.63, 3.8) is 0 Å². The highest BCUT2D eigenvalue weighted by atomic mass is 16.5. The van der Waals surface area contributed by atoms with Crippen molar-refractivity contribution in [2.45, 2.75) is 0 Å². The molecule has 1 aliphatic heterocycles. The van der Waals surface area contributed by atoms with Crippen molar-refractivity contribution < 1.29 is 14.3 Å². The summed E-state index contributed by atoms with van der Waals surface area (Å²) in [7, 11) is 1.36. The van der Waals surface area contributed by atoms with Crippen LogP contribution in [-0.4, -0.2) is 39.4 Å². The van der Waals surface area contributed by atoms with Crippen LogP contribution < -0.4 is 15.0 Å². The molecule has 0 saturated carbocycles. The summed E-state index contributed by atoms with van der Waals surface area (Å²) in [5.41, 5.74) is 1.07. The molecular formula is C12H16N2O3. The van der Waals surface area contributed by atoms with Gasteiger partial charge in [-0.2, -0.15) is 0 Å². The molecule has 0 unspecified atom stereocenters. The van der Waals surface area contributed by atoms with E-state index in [0.29, 0.717) is 13.2 Å². The van der Waals surface area contributed by atoms with Crippen LogP contribution in [0.15, 0.2) is 24.3 Å². The van der Waals surface area contributed by atoms with E-state index >= 15 is 0 Å². The molecule has 5 heteroatoms. The van der Waals surface area contributed by atoms with Gasteiger partial charge in [0.15, 0.2) is 0 Å². The number of hydrogen-bond donors (Lipinski definition) is 1. The number of carbonyl (C=O) groups excluding carboxylic acids is 1. The second kappa shape index (κ2) is 5.43. The molecule has 0 bridgehead atoms. The number of benzene rings is 1. The fraction of sp³-hybridized carbons (Fsp3) is 0.417. The maximum atomic E-state index is 10.9. The number of carbonyl (C=O) groups is 1. The van der Waals surface area contributed by atoms with Gasteiger partial charge in [0.25, 0.3) is 0 Å². The molecule has 0 saturated heterocycles. The van der Waals surface area contributed by atoms with Crippen LogP contribution in [-0.2, 0) is 4.74 Å². The normalized spacial score (nSPS) is 13.6. The first kappa shape index (κ1) is 11.6. The minimum atomic E-state index is -0.397. The van der Waals surface area contributed by atoms with Crippen LogP contribution in [0.4, 0.5) is 10.5 Å². The highest BCUT2D eigenvalue weighted by molar-refractivity contribution is 5.67. The molecule has 0 aromatic heterocycles. The van der Waals surface area contributed by atoms with E-state index in [4.69, 9.17) is 4.74 Å². The maximum Gasteiger partial charge on any atom is 0.406 e. The van der Waals surface area contributed by atoms with Gasteiger partial charge in [-0.25, -0.2) is 4.79 Å². The predicted octanol–water partition coefficient (Wildman–Crippen LogP) is 1.24. The Labute approximate surface area is 100 Å². The minimum absolute atomic E-state index is 0.397. The average molecular weight is 236 g/mol. The number of hydrogen-bond acceptors (Lipinski definition) is 4. The molecule has 1 aromatic rings. The molecule has 0 atom stereocenters. The van der Waals surface area contributed by atoms with Crippen LogP contribution in [0.25, 0.3) is 0 Å². The summed E-state index contributed by atoms with van der Waals surface area (Å²) in [4.78, 5) is 13.1. The summed E-state index contributed by atoms with van der Waals surface area (Å²) >= 11 is 0. The van der Waals surface area contributed by atoms with Crippen molar-refractivity contribution in [2.24, 2.45) is 0 Å². The van der Waals surface area contributed by atoms with Crippen molar-refractivity contribution in [3.05, 3.63) is 24.3 Å². The Morgan fingerprint density at radius 1 is 1.53 bits per heavy atom. The third-order valence-electron chi connectivity index (χ3n) is 2.66. The lowest BCUT2D eigenvalue weighted by Crippen LogP contribution is -2.39. The van der Waals surface area contributed by atoms with Crippen LogP contribution >= 0.6 is 0 Å².